The van der Waals surface area contributed by atoms with Crippen LogP contribution in [0, 0.1) is 0 Å². The summed E-state index contributed by atoms with van der Waals surface area (Å²) in [5.74, 6) is 1.29. The molecule has 2 aliphatic rings. The highest BCUT2D eigenvalue weighted by Crippen LogP contribution is 2.32. The van der Waals surface area contributed by atoms with Gasteiger partial charge in [-0.25, -0.2) is 0 Å². The van der Waals surface area contributed by atoms with Crippen molar-refractivity contribution in [1.29, 1.82) is 0 Å². The van der Waals surface area contributed by atoms with Gasteiger partial charge in [0, 0.05) is 13.0 Å². The van der Waals surface area contributed by atoms with Gasteiger partial charge >= 0.3 is 11.8 Å². The highest BCUT2D eigenvalue weighted by molar-refractivity contribution is 6.35. The number of amides is 2. The fourth-order valence-electron chi connectivity index (χ4n) is 3.08. The molecule has 2 amide bonds. The maximum Gasteiger partial charge on any atom is 0.309 e. The Labute approximate surface area is 168 Å². The van der Waals surface area contributed by atoms with Gasteiger partial charge in [0.05, 0.1) is 6.54 Å². The summed E-state index contributed by atoms with van der Waals surface area (Å²) in [6, 6.07) is 14.7. The number of rotatable bonds is 5. The molecule has 152 valence electrons. The first kappa shape index (κ1) is 18.9. The van der Waals surface area contributed by atoms with E-state index in [4.69, 9.17) is 18.9 Å². The molecule has 2 N–H and O–H groups in total. The Bertz CT molecular complexity index is 887. The lowest BCUT2D eigenvalue weighted by Gasteiger charge is -2.26. The van der Waals surface area contributed by atoms with Crippen LogP contribution in [0.3, 0.4) is 0 Å². The van der Waals surface area contributed by atoms with Crippen LogP contribution in [0.5, 0.6) is 23.0 Å². The molecule has 0 saturated carbocycles. The van der Waals surface area contributed by atoms with Crippen molar-refractivity contribution in [3.8, 4) is 23.0 Å². The fraction of sp³-hybridized carbons (Fsp3) is 0.333. The third-order valence-electron chi connectivity index (χ3n) is 4.58. The van der Waals surface area contributed by atoms with E-state index in [-0.39, 0.29) is 18.8 Å². The summed E-state index contributed by atoms with van der Waals surface area (Å²) < 4.78 is 22.8. The number of benzene rings is 2. The molecule has 0 radical (unpaired) electrons. The average Bonchev–Trinajstić information content (AvgIpc) is 2.77. The number of para-hydroxylation sites is 4. The lowest BCUT2D eigenvalue weighted by molar-refractivity contribution is -0.139. The molecule has 0 fully saturated rings. The van der Waals surface area contributed by atoms with Crippen LogP contribution in [0.2, 0.25) is 0 Å². The lowest BCUT2D eigenvalue weighted by atomic mass is 10.2. The van der Waals surface area contributed by atoms with Crippen LogP contribution in [0.25, 0.3) is 0 Å². The zero-order valence-electron chi connectivity index (χ0n) is 15.8. The van der Waals surface area contributed by atoms with E-state index in [9.17, 15) is 9.59 Å². The van der Waals surface area contributed by atoms with Gasteiger partial charge in [0.1, 0.15) is 25.4 Å². The molecule has 0 saturated heterocycles. The van der Waals surface area contributed by atoms with Gasteiger partial charge in [0.15, 0.2) is 23.0 Å². The number of nitrogens with one attached hydrogen (secondary N) is 2. The summed E-state index contributed by atoms with van der Waals surface area (Å²) in [5, 5.41) is 5.17. The second-order valence-electron chi connectivity index (χ2n) is 6.75. The summed E-state index contributed by atoms with van der Waals surface area (Å²) in [4.78, 5) is 24.0. The number of carbonyl (C=O) groups is 2. The Kier molecular flexibility index (Phi) is 5.69. The van der Waals surface area contributed by atoms with Crippen molar-refractivity contribution in [1.82, 2.24) is 10.6 Å². The van der Waals surface area contributed by atoms with Gasteiger partial charge in [-0.2, -0.15) is 0 Å². The number of hydrogen-bond donors (Lipinski definition) is 2. The highest BCUT2D eigenvalue weighted by Gasteiger charge is 2.24. The molecule has 0 unspecified atom stereocenters. The third kappa shape index (κ3) is 4.71. The van der Waals surface area contributed by atoms with Gasteiger partial charge in [-0.1, -0.05) is 24.3 Å². The molecule has 0 spiro atoms. The first-order chi connectivity index (χ1) is 14.2. The molecule has 4 rings (SSSR count). The van der Waals surface area contributed by atoms with Crippen LogP contribution in [0.15, 0.2) is 48.5 Å². The summed E-state index contributed by atoms with van der Waals surface area (Å²) in [6.45, 7) is 1.19. The van der Waals surface area contributed by atoms with Crippen LogP contribution >= 0.6 is 0 Å². The normalized spacial score (nSPS) is 19.2. The van der Waals surface area contributed by atoms with Gasteiger partial charge < -0.3 is 29.6 Å². The molecule has 8 heteroatoms. The van der Waals surface area contributed by atoms with E-state index < -0.39 is 11.8 Å². The zero-order valence-corrected chi connectivity index (χ0v) is 15.8. The Morgan fingerprint density at radius 1 is 0.759 bits per heavy atom. The molecule has 0 aliphatic carbocycles. The van der Waals surface area contributed by atoms with Crippen molar-refractivity contribution in [3.05, 3.63) is 48.5 Å². The predicted octanol–water partition coefficient (Wildman–Crippen LogP) is 1.29. The fourth-order valence-corrected chi connectivity index (χ4v) is 3.08. The number of ether oxygens (including phenoxy) is 4. The molecule has 8 nitrogen and oxygen atoms in total. The molecule has 29 heavy (non-hydrogen) atoms. The predicted molar refractivity (Wildman–Crippen MR) is 103 cm³/mol. The maximum absolute atomic E-state index is 12.0. The van der Waals surface area contributed by atoms with E-state index in [0.29, 0.717) is 49.2 Å². The molecular weight excluding hydrogens is 376 g/mol. The van der Waals surface area contributed by atoms with Crippen molar-refractivity contribution < 1.29 is 28.5 Å². The minimum atomic E-state index is -0.710. The topological polar surface area (TPSA) is 95.1 Å². The molecule has 0 aromatic heterocycles. The molecule has 0 bridgehead atoms. The maximum atomic E-state index is 12.0. The van der Waals surface area contributed by atoms with Crippen LogP contribution in [0.1, 0.15) is 6.42 Å². The van der Waals surface area contributed by atoms with E-state index in [1.54, 1.807) is 6.07 Å². The van der Waals surface area contributed by atoms with Crippen molar-refractivity contribution in [2.75, 3.05) is 26.3 Å². The average molecular weight is 398 g/mol. The summed E-state index contributed by atoms with van der Waals surface area (Å²) >= 11 is 0. The molecule has 2 aromatic carbocycles. The third-order valence-corrected chi connectivity index (χ3v) is 4.58. The monoisotopic (exact) mass is 398 g/mol. The highest BCUT2D eigenvalue weighted by atomic mass is 16.6. The van der Waals surface area contributed by atoms with Crippen LogP contribution in [-0.4, -0.2) is 50.3 Å². The van der Waals surface area contributed by atoms with Crippen molar-refractivity contribution >= 4 is 11.8 Å². The zero-order chi connectivity index (χ0) is 20.1. The van der Waals surface area contributed by atoms with E-state index >= 15 is 0 Å². The number of carbonyl (C=O) groups excluding carboxylic acids is 2. The molecular formula is C21H22N2O6. The van der Waals surface area contributed by atoms with Crippen molar-refractivity contribution in [2.45, 2.75) is 18.6 Å². The van der Waals surface area contributed by atoms with E-state index in [1.165, 1.54) is 0 Å². The molecule has 2 aromatic rings. The smallest absolute Gasteiger partial charge is 0.309 e. The Hall–Kier alpha value is -3.42. The minimum Gasteiger partial charge on any atom is -0.486 e. The number of hydrogen-bond acceptors (Lipinski definition) is 6. The van der Waals surface area contributed by atoms with Gasteiger partial charge in [-0.3, -0.25) is 9.59 Å². The first-order valence-electron chi connectivity index (χ1n) is 9.52. The second-order valence-corrected chi connectivity index (χ2v) is 6.75. The SMILES string of the molecule is O=C(NCC[C@H]1COc2ccccc2O1)C(=O)NC[C@@H]1COc2ccccc2O1. The minimum absolute atomic E-state index is 0.178. The molecule has 2 aliphatic heterocycles. The standard InChI is InChI=1S/C21H22N2O6/c24-20(22-10-9-14-12-26-16-5-1-3-7-18(16)28-14)21(25)23-11-15-13-27-17-6-2-4-8-19(17)29-15/h1-8,14-15H,9-13H2,(H,22,24)(H,23,25)/t14-,15+/m0/s1. The number of fused-ring (bicyclic) bond motifs is 2. The second kappa shape index (κ2) is 8.72. The summed E-state index contributed by atoms with van der Waals surface area (Å²) in [6.07, 6.45) is -0.000368. The van der Waals surface area contributed by atoms with Gasteiger partial charge in [0.25, 0.3) is 0 Å². The molecule has 2 atom stereocenters. The first-order valence-corrected chi connectivity index (χ1v) is 9.52. The van der Waals surface area contributed by atoms with Crippen molar-refractivity contribution in [3.63, 3.8) is 0 Å². The quantitative estimate of drug-likeness (QED) is 0.737. The van der Waals surface area contributed by atoms with Gasteiger partial charge in [-0.15, -0.1) is 0 Å². The van der Waals surface area contributed by atoms with E-state index in [2.05, 4.69) is 10.6 Å². The van der Waals surface area contributed by atoms with Gasteiger partial charge in [-0.05, 0) is 24.3 Å². The Morgan fingerprint density at radius 2 is 1.28 bits per heavy atom. The summed E-state index contributed by atoms with van der Waals surface area (Å²) in [5.41, 5.74) is 0. The Morgan fingerprint density at radius 3 is 1.93 bits per heavy atom. The van der Waals surface area contributed by atoms with Crippen molar-refractivity contribution in [2.24, 2.45) is 0 Å². The van der Waals surface area contributed by atoms with E-state index in [1.807, 2.05) is 42.5 Å². The molecule has 2 heterocycles. The van der Waals surface area contributed by atoms with Crippen LogP contribution in [-0.2, 0) is 9.59 Å². The summed E-state index contributed by atoms with van der Waals surface area (Å²) in [7, 11) is 0. The van der Waals surface area contributed by atoms with E-state index in [0.717, 1.165) is 0 Å². The van der Waals surface area contributed by atoms with Crippen LogP contribution in [0.4, 0.5) is 0 Å². The van der Waals surface area contributed by atoms with Crippen LogP contribution < -0.4 is 29.6 Å². The Balaban J connectivity index is 1.16. The largest absolute Gasteiger partial charge is 0.486 e. The van der Waals surface area contributed by atoms with Gasteiger partial charge in [0.2, 0.25) is 0 Å². The lowest BCUT2D eigenvalue weighted by Crippen LogP contribution is -2.46.